The normalized spacial score (nSPS) is 16.1. The standard InChI is InChI=1S/C24H20ClF3N2O4S/c1-34-23-22(35(2,32)33)8-13(11-29-23)15-6-7-16-18(26)4-3-5-21(16)30(24(15)31)12-17-19(27)9-14(25)10-20(17)28/h3-5,8-11,15H,6-7,12H2,1-2H3/t15-/m1/s1. The van der Waals surface area contributed by atoms with Gasteiger partial charge in [-0.1, -0.05) is 17.7 Å². The Morgan fingerprint density at radius 1 is 1.14 bits per heavy atom. The lowest BCUT2D eigenvalue weighted by atomic mass is 9.93. The number of anilines is 1. The minimum absolute atomic E-state index is 0.117. The van der Waals surface area contributed by atoms with Crippen molar-refractivity contribution in [2.45, 2.75) is 30.2 Å². The molecule has 0 radical (unpaired) electrons. The van der Waals surface area contributed by atoms with Gasteiger partial charge in [-0.05, 0) is 48.7 Å². The Hall–Kier alpha value is -3.11. The van der Waals surface area contributed by atoms with Gasteiger partial charge >= 0.3 is 0 Å². The van der Waals surface area contributed by atoms with Crippen molar-refractivity contribution in [2.75, 3.05) is 18.3 Å². The largest absolute Gasteiger partial charge is 0.480 e. The summed E-state index contributed by atoms with van der Waals surface area (Å²) in [6.45, 7) is -0.525. The molecule has 2 aromatic carbocycles. The molecule has 0 fully saturated rings. The first-order valence-electron chi connectivity index (χ1n) is 10.5. The van der Waals surface area contributed by atoms with Gasteiger partial charge in [0.2, 0.25) is 11.8 Å². The molecule has 0 bridgehead atoms. The van der Waals surface area contributed by atoms with Crippen LogP contribution >= 0.6 is 11.6 Å². The van der Waals surface area contributed by atoms with Crippen molar-refractivity contribution >= 4 is 33.0 Å². The molecular formula is C24H20ClF3N2O4S. The van der Waals surface area contributed by atoms with E-state index in [9.17, 15) is 26.4 Å². The number of benzene rings is 2. The number of hydrogen-bond acceptors (Lipinski definition) is 5. The van der Waals surface area contributed by atoms with E-state index in [0.717, 1.165) is 23.3 Å². The maximum absolute atomic E-state index is 14.7. The van der Waals surface area contributed by atoms with E-state index in [0.29, 0.717) is 0 Å². The zero-order chi connectivity index (χ0) is 25.5. The van der Waals surface area contributed by atoms with Crippen molar-refractivity contribution in [2.24, 2.45) is 0 Å². The van der Waals surface area contributed by atoms with Gasteiger partial charge in [0.1, 0.15) is 22.3 Å². The fourth-order valence-electron chi connectivity index (χ4n) is 4.18. The Balaban J connectivity index is 1.84. The van der Waals surface area contributed by atoms with Crippen LogP contribution in [0.3, 0.4) is 0 Å². The third kappa shape index (κ3) is 4.85. The first kappa shape index (κ1) is 25.0. The average molecular weight is 525 g/mol. The molecule has 4 rings (SSSR count). The summed E-state index contributed by atoms with van der Waals surface area (Å²) in [5.41, 5.74) is 0.230. The molecule has 1 aliphatic rings. The van der Waals surface area contributed by atoms with Crippen LogP contribution in [-0.2, 0) is 27.6 Å². The molecule has 35 heavy (non-hydrogen) atoms. The van der Waals surface area contributed by atoms with Gasteiger partial charge in [0, 0.05) is 28.6 Å². The van der Waals surface area contributed by atoms with Gasteiger partial charge in [-0.3, -0.25) is 4.79 Å². The summed E-state index contributed by atoms with van der Waals surface area (Å²) >= 11 is 5.72. The van der Waals surface area contributed by atoms with Gasteiger partial charge in [-0.25, -0.2) is 26.6 Å². The Labute approximate surface area is 205 Å². The molecular weight excluding hydrogens is 505 g/mol. The van der Waals surface area contributed by atoms with Gasteiger partial charge in [0.15, 0.2) is 9.84 Å². The minimum Gasteiger partial charge on any atom is -0.480 e. The number of aromatic nitrogens is 1. The number of methoxy groups -OCH3 is 1. The van der Waals surface area contributed by atoms with Crippen LogP contribution < -0.4 is 9.64 Å². The van der Waals surface area contributed by atoms with Gasteiger partial charge in [-0.15, -0.1) is 0 Å². The number of halogens is 4. The number of hydrogen-bond donors (Lipinski definition) is 0. The fourth-order valence-corrected chi connectivity index (χ4v) is 5.17. The molecule has 3 aromatic rings. The summed E-state index contributed by atoms with van der Waals surface area (Å²) < 4.78 is 73.5. The molecule has 11 heteroatoms. The molecule has 184 valence electrons. The van der Waals surface area contributed by atoms with Crippen molar-refractivity contribution in [3.63, 3.8) is 0 Å². The Morgan fingerprint density at radius 2 is 1.83 bits per heavy atom. The number of rotatable bonds is 5. The van der Waals surface area contributed by atoms with E-state index >= 15 is 0 Å². The predicted octanol–water partition coefficient (Wildman–Crippen LogP) is 4.83. The zero-order valence-electron chi connectivity index (χ0n) is 18.7. The highest BCUT2D eigenvalue weighted by Crippen LogP contribution is 2.38. The topological polar surface area (TPSA) is 76.6 Å². The number of pyridine rings is 1. The lowest BCUT2D eigenvalue weighted by Crippen LogP contribution is -2.34. The van der Waals surface area contributed by atoms with Gasteiger partial charge in [0.05, 0.1) is 25.3 Å². The lowest BCUT2D eigenvalue weighted by molar-refractivity contribution is -0.120. The number of nitrogens with zero attached hydrogens (tertiary/aromatic N) is 2. The van der Waals surface area contributed by atoms with E-state index in [1.54, 1.807) is 0 Å². The number of amides is 1. The SMILES string of the molecule is COc1ncc([C@H]2CCc3c(F)cccc3N(Cc3c(F)cc(Cl)cc3F)C2=O)cc1S(C)(=O)=O. The summed E-state index contributed by atoms with van der Waals surface area (Å²) in [7, 11) is -2.49. The second-order valence-corrected chi connectivity index (χ2v) is 10.6. The van der Waals surface area contributed by atoms with E-state index in [-0.39, 0.29) is 45.5 Å². The smallest absolute Gasteiger partial charge is 0.234 e. The van der Waals surface area contributed by atoms with E-state index in [1.807, 2.05) is 0 Å². The molecule has 1 aromatic heterocycles. The highest BCUT2D eigenvalue weighted by Gasteiger charge is 2.35. The highest BCUT2D eigenvalue weighted by atomic mass is 35.5. The zero-order valence-corrected chi connectivity index (χ0v) is 20.3. The number of carbonyl (C=O) groups is 1. The van der Waals surface area contributed by atoms with Crippen LogP contribution in [0.4, 0.5) is 18.9 Å². The van der Waals surface area contributed by atoms with Gasteiger partial charge in [-0.2, -0.15) is 0 Å². The van der Waals surface area contributed by atoms with Crippen LogP contribution in [0.5, 0.6) is 5.88 Å². The van der Waals surface area contributed by atoms with Crippen molar-refractivity contribution < 1.29 is 31.1 Å². The van der Waals surface area contributed by atoms with Crippen LogP contribution in [0.25, 0.3) is 0 Å². The van der Waals surface area contributed by atoms with Crippen LogP contribution in [-0.4, -0.2) is 32.7 Å². The first-order chi connectivity index (χ1) is 16.5. The number of carbonyl (C=O) groups excluding carboxylic acids is 1. The van der Waals surface area contributed by atoms with Crippen molar-refractivity contribution in [3.8, 4) is 5.88 Å². The third-order valence-corrected chi connectivity index (χ3v) is 7.20. The minimum atomic E-state index is -3.76. The molecule has 0 spiro atoms. The van der Waals surface area contributed by atoms with E-state index in [4.69, 9.17) is 16.3 Å². The van der Waals surface area contributed by atoms with Gasteiger partial charge < -0.3 is 9.64 Å². The highest BCUT2D eigenvalue weighted by molar-refractivity contribution is 7.90. The van der Waals surface area contributed by atoms with Crippen LogP contribution in [0, 0.1) is 17.5 Å². The van der Waals surface area contributed by atoms with Crippen molar-refractivity contribution in [1.29, 1.82) is 0 Å². The molecule has 0 saturated heterocycles. The Morgan fingerprint density at radius 3 is 2.46 bits per heavy atom. The maximum Gasteiger partial charge on any atom is 0.234 e. The van der Waals surface area contributed by atoms with E-state index in [2.05, 4.69) is 4.98 Å². The summed E-state index contributed by atoms with van der Waals surface area (Å²) in [4.78, 5) is 18.7. The fraction of sp³-hybridized carbons (Fsp3) is 0.250. The monoisotopic (exact) mass is 524 g/mol. The molecule has 6 nitrogen and oxygen atoms in total. The van der Waals surface area contributed by atoms with Crippen LogP contribution in [0.2, 0.25) is 5.02 Å². The van der Waals surface area contributed by atoms with E-state index < -0.39 is 51.2 Å². The number of sulfone groups is 1. The molecule has 1 amide bonds. The molecule has 0 N–H and O–H groups in total. The molecule has 0 unspecified atom stereocenters. The Bertz CT molecular complexity index is 1410. The molecule has 1 aliphatic heterocycles. The van der Waals surface area contributed by atoms with Crippen LogP contribution in [0.15, 0.2) is 47.5 Å². The third-order valence-electron chi connectivity index (χ3n) is 5.89. The van der Waals surface area contributed by atoms with Gasteiger partial charge in [0.25, 0.3) is 0 Å². The lowest BCUT2D eigenvalue weighted by Gasteiger charge is -2.27. The second kappa shape index (κ2) is 9.50. The first-order valence-corrected chi connectivity index (χ1v) is 12.7. The Kier molecular flexibility index (Phi) is 6.79. The second-order valence-electron chi connectivity index (χ2n) is 8.15. The molecule has 0 aliphatic carbocycles. The molecule has 1 atom stereocenters. The van der Waals surface area contributed by atoms with E-state index in [1.165, 1.54) is 37.6 Å². The summed E-state index contributed by atoms with van der Waals surface area (Å²) in [5, 5.41) is -0.145. The summed E-state index contributed by atoms with van der Waals surface area (Å²) in [6, 6.07) is 7.29. The molecule has 0 saturated carbocycles. The molecule has 2 heterocycles. The number of ether oxygens (including phenoxy) is 1. The van der Waals surface area contributed by atoms with Crippen molar-refractivity contribution in [3.05, 3.63) is 81.8 Å². The van der Waals surface area contributed by atoms with Crippen molar-refractivity contribution in [1.82, 2.24) is 4.98 Å². The summed E-state index contributed by atoms with van der Waals surface area (Å²) in [6.07, 6.45) is 2.53. The number of fused-ring (bicyclic) bond motifs is 1. The predicted molar refractivity (Wildman–Crippen MR) is 124 cm³/mol. The summed E-state index contributed by atoms with van der Waals surface area (Å²) in [5.74, 6) is -4.15. The van der Waals surface area contributed by atoms with Crippen LogP contribution in [0.1, 0.15) is 29.0 Å². The quantitative estimate of drug-likeness (QED) is 0.478. The maximum atomic E-state index is 14.7. The average Bonchev–Trinajstić information content (AvgIpc) is 2.92.